The maximum absolute atomic E-state index is 13.3. The summed E-state index contributed by atoms with van der Waals surface area (Å²) in [5, 5.41) is 12.2. The minimum atomic E-state index is -1.88. The molecule has 0 spiro atoms. The summed E-state index contributed by atoms with van der Waals surface area (Å²) in [5.41, 5.74) is -0.488. The van der Waals surface area contributed by atoms with E-state index in [0.29, 0.717) is 39.9 Å². The number of amides is 1. The van der Waals surface area contributed by atoms with Gasteiger partial charge < -0.3 is 14.9 Å². The van der Waals surface area contributed by atoms with Crippen molar-refractivity contribution in [1.82, 2.24) is 4.90 Å². The molecule has 0 saturated carbocycles. The van der Waals surface area contributed by atoms with Crippen molar-refractivity contribution >= 4 is 34.8 Å². The van der Waals surface area contributed by atoms with Gasteiger partial charge in [0.05, 0.1) is 5.69 Å². The van der Waals surface area contributed by atoms with E-state index in [1.165, 1.54) is 0 Å². The van der Waals surface area contributed by atoms with Crippen molar-refractivity contribution in [1.29, 1.82) is 0 Å². The van der Waals surface area contributed by atoms with Gasteiger partial charge >= 0.3 is 0 Å². The Morgan fingerprint density at radius 2 is 1.69 bits per heavy atom. The molecule has 1 heterocycles. The van der Waals surface area contributed by atoms with E-state index in [1.807, 2.05) is 6.07 Å². The topological polar surface area (TPSA) is 43.8 Å². The Morgan fingerprint density at radius 3 is 2.35 bits per heavy atom. The molecule has 0 radical (unpaired) electrons. The van der Waals surface area contributed by atoms with Crippen molar-refractivity contribution in [2.24, 2.45) is 0 Å². The maximum atomic E-state index is 13.3. The van der Waals surface area contributed by atoms with Crippen molar-refractivity contribution < 1.29 is 9.90 Å². The number of nitrogens with zero attached hydrogens (tertiary/aromatic N) is 2. The third-order valence-corrected chi connectivity index (χ3v) is 5.64. The van der Waals surface area contributed by atoms with Gasteiger partial charge in [0.15, 0.2) is 5.60 Å². The van der Waals surface area contributed by atoms with Crippen LogP contribution >= 0.6 is 23.2 Å². The summed E-state index contributed by atoms with van der Waals surface area (Å²) in [6.07, 6.45) is 0. The van der Waals surface area contributed by atoms with E-state index >= 15 is 0 Å². The van der Waals surface area contributed by atoms with Gasteiger partial charge in [0.1, 0.15) is 0 Å². The van der Waals surface area contributed by atoms with Crippen LogP contribution in [0.25, 0.3) is 0 Å². The first-order valence-corrected chi connectivity index (χ1v) is 9.51. The van der Waals surface area contributed by atoms with Crippen LogP contribution in [0.2, 0.25) is 10.0 Å². The standard InChI is InChI=1S/C20H22Cl2N2O2/c1-3-23(4-2)12-13-24-17-11-7-10-16(22)18(17)20(26,19(24)25)14-8-5-6-9-15(14)21/h5-11,26H,3-4,12-13H2,1-2H3. The largest absolute Gasteiger partial charge is 0.372 e. The van der Waals surface area contributed by atoms with Crippen LogP contribution in [0, 0.1) is 0 Å². The van der Waals surface area contributed by atoms with Gasteiger partial charge in [-0.25, -0.2) is 0 Å². The van der Waals surface area contributed by atoms with Gasteiger partial charge in [-0.05, 0) is 31.3 Å². The van der Waals surface area contributed by atoms with E-state index in [4.69, 9.17) is 23.2 Å². The molecule has 138 valence electrons. The van der Waals surface area contributed by atoms with Crippen LogP contribution in [-0.2, 0) is 10.4 Å². The summed E-state index contributed by atoms with van der Waals surface area (Å²) in [6.45, 7) is 7.15. The van der Waals surface area contributed by atoms with Crippen molar-refractivity contribution in [2.75, 3.05) is 31.1 Å². The Hall–Kier alpha value is -1.59. The van der Waals surface area contributed by atoms with Crippen LogP contribution in [0.3, 0.4) is 0 Å². The second-order valence-corrected chi connectivity index (χ2v) is 7.12. The fraction of sp³-hybridized carbons (Fsp3) is 0.350. The van der Waals surface area contributed by atoms with E-state index in [9.17, 15) is 9.90 Å². The van der Waals surface area contributed by atoms with Crippen molar-refractivity contribution in [3.05, 3.63) is 63.6 Å². The zero-order valence-electron chi connectivity index (χ0n) is 14.9. The summed E-state index contributed by atoms with van der Waals surface area (Å²) in [7, 11) is 0. The minimum absolute atomic E-state index is 0.333. The molecule has 0 saturated heterocycles. The maximum Gasteiger partial charge on any atom is 0.268 e. The highest BCUT2D eigenvalue weighted by Gasteiger charge is 2.53. The first kappa shape index (κ1) is 19.2. The van der Waals surface area contributed by atoms with Crippen molar-refractivity contribution in [3.8, 4) is 0 Å². The van der Waals surface area contributed by atoms with E-state index in [-0.39, 0.29) is 0 Å². The lowest BCUT2D eigenvalue weighted by molar-refractivity contribution is -0.132. The molecule has 4 nitrogen and oxygen atoms in total. The quantitative estimate of drug-likeness (QED) is 0.809. The summed E-state index contributed by atoms with van der Waals surface area (Å²) in [6, 6.07) is 12.1. The highest BCUT2D eigenvalue weighted by atomic mass is 35.5. The van der Waals surface area contributed by atoms with Crippen LogP contribution in [0.1, 0.15) is 25.0 Å². The zero-order valence-corrected chi connectivity index (χ0v) is 16.4. The molecular formula is C20H22Cl2N2O2. The molecule has 1 unspecified atom stereocenters. The smallest absolute Gasteiger partial charge is 0.268 e. The van der Waals surface area contributed by atoms with Crippen LogP contribution in [0.5, 0.6) is 0 Å². The van der Waals surface area contributed by atoms with Gasteiger partial charge in [0.25, 0.3) is 5.91 Å². The Balaban J connectivity index is 2.09. The second-order valence-electron chi connectivity index (χ2n) is 6.31. The molecule has 1 atom stereocenters. The van der Waals surface area contributed by atoms with Gasteiger partial charge in [-0.3, -0.25) is 4.79 Å². The predicted molar refractivity (Wildman–Crippen MR) is 106 cm³/mol. The summed E-state index contributed by atoms with van der Waals surface area (Å²) in [4.78, 5) is 17.2. The highest BCUT2D eigenvalue weighted by Crippen LogP contribution is 2.49. The first-order chi connectivity index (χ1) is 12.4. The Bertz CT molecular complexity index is 823. The fourth-order valence-electron chi connectivity index (χ4n) is 3.52. The molecule has 6 heteroatoms. The van der Waals surface area contributed by atoms with Crippen LogP contribution in [-0.4, -0.2) is 42.1 Å². The lowest BCUT2D eigenvalue weighted by Gasteiger charge is -2.26. The van der Waals surface area contributed by atoms with Crippen LogP contribution < -0.4 is 4.90 Å². The Labute approximate surface area is 163 Å². The lowest BCUT2D eigenvalue weighted by Crippen LogP contribution is -2.44. The highest BCUT2D eigenvalue weighted by molar-refractivity contribution is 6.34. The molecule has 2 aromatic rings. The van der Waals surface area contributed by atoms with Gasteiger partial charge in [0.2, 0.25) is 0 Å². The summed E-state index contributed by atoms with van der Waals surface area (Å²) >= 11 is 12.7. The van der Waals surface area contributed by atoms with E-state index in [1.54, 1.807) is 41.3 Å². The Kier molecular flexibility index (Phi) is 5.58. The fourth-order valence-corrected chi connectivity index (χ4v) is 4.09. The van der Waals surface area contributed by atoms with E-state index in [0.717, 1.165) is 13.1 Å². The van der Waals surface area contributed by atoms with E-state index < -0.39 is 11.5 Å². The molecule has 0 bridgehead atoms. The van der Waals surface area contributed by atoms with Gasteiger partial charge in [-0.1, -0.05) is 61.3 Å². The van der Waals surface area contributed by atoms with Crippen molar-refractivity contribution in [2.45, 2.75) is 19.4 Å². The number of anilines is 1. The number of likely N-dealkylation sites (N-methyl/N-ethyl adjacent to an activating group) is 1. The Morgan fingerprint density at radius 1 is 1.04 bits per heavy atom. The van der Waals surface area contributed by atoms with Crippen molar-refractivity contribution in [3.63, 3.8) is 0 Å². The van der Waals surface area contributed by atoms with Gasteiger partial charge in [-0.15, -0.1) is 0 Å². The number of carbonyl (C=O) groups is 1. The van der Waals surface area contributed by atoms with Crippen LogP contribution in [0.4, 0.5) is 5.69 Å². The molecule has 26 heavy (non-hydrogen) atoms. The number of fused-ring (bicyclic) bond motifs is 1. The first-order valence-electron chi connectivity index (χ1n) is 8.75. The molecule has 0 fully saturated rings. The molecule has 2 aromatic carbocycles. The monoisotopic (exact) mass is 392 g/mol. The average molecular weight is 393 g/mol. The molecule has 1 aliphatic rings. The third kappa shape index (κ3) is 3.01. The lowest BCUT2D eigenvalue weighted by atomic mass is 9.87. The number of hydrogen-bond acceptors (Lipinski definition) is 3. The average Bonchev–Trinajstić information content (AvgIpc) is 2.86. The number of aliphatic hydroxyl groups is 1. The zero-order chi connectivity index (χ0) is 18.9. The summed E-state index contributed by atoms with van der Waals surface area (Å²) < 4.78 is 0. The van der Waals surface area contributed by atoms with Gasteiger partial charge in [-0.2, -0.15) is 0 Å². The number of carbonyl (C=O) groups excluding carboxylic acids is 1. The molecule has 3 rings (SSSR count). The van der Waals surface area contributed by atoms with Gasteiger partial charge in [0, 0.05) is 34.3 Å². The predicted octanol–water partition coefficient (Wildman–Crippen LogP) is 3.92. The molecular weight excluding hydrogens is 371 g/mol. The number of benzene rings is 2. The molecule has 1 amide bonds. The molecule has 1 N–H and O–H groups in total. The number of halogens is 2. The molecule has 1 aliphatic heterocycles. The third-order valence-electron chi connectivity index (χ3n) is 5.00. The molecule has 0 aliphatic carbocycles. The minimum Gasteiger partial charge on any atom is -0.372 e. The number of rotatable bonds is 6. The normalized spacial score (nSPS) is 19.3. The van der Waals surface area contributed by atoms with Crippen LogP contribution in [0.15, 0.2) is 42.5 Å². The number of hydrogen-bond donors (Lipinski definition) is 1. The van der Waals surface area contributed by atoms with E-state index in [2.05, 4.69) is 18.7 Å². The second kappa shape index (κ2) is 7.57. The summed E-state index contributed by atoms with van der Waals surface area (Å²) in [5.74, 6) is -0.416. The molecule has 0 aromatic heterocycles. The SMILES string of the molecule is CCN(CC)CCN1C(=O)C(O)(c2ccccc2Cl)c2c(Cl)cccc21.